The molecule has 0 bridgehead atoms. The first-order chi connectivity index (χ1) is 9.10. The fraction of sp³-hybridized carbons (Fsp3) is 0.438. The largest absolute Gasteiger partial charge is 0.310 e. The van der Waals surface area contributed by atoms with E-state index in [1.54, 1.807) is 0 Å². The molecule has 1 aromatic heterocycles. The quantitative estimate of drug-likeness (QED) is 0.884. The molecule has 0 aliphatic carbocycles. The van der Waals surface area contributed by atoms with Crippen LogP contribution in [0, 0.1) is 6.92 Å². The Morgan fingerprint density at radius 1 is 1.21 bits per heavy atom. The second-order valence-corrected chi connectivity index (χ2v) is 6.23. The van der Waals surface area contributed by atoms with Gasteiger partial charge in [-0.1, -0.05) is 50.6 Å². The van der Waals surface area contributed by atoms with E-state index in [4.69, 9.17) is 4.98 Å². The van der Waals surface area contributed by atoms with Crippen molar-refractivity contribution < 1.29 is 0 Å². The van der Waals surface area contributed by atoms with Gasteiger partial charge < -0.3 is 5.32 Å². The Kier molecular flexibility index (Phi) is 4.72. The van der Waals surface area contributed by atoms with E-state index in [-0.39, 0.29) is 0 Å². The summed E-state index contributed by atoms with van der Waals surface area (Å²) in [5, 5.41) is 4.62. The Labute approximate surface area is 119 Å². The number of thiazole rings is 1. The summed E-state index contributed by atoms with van der Waals surface area (Å²) in [6.07, 6.45) is 0.997. The normalized spacial score (nSPS) is 11.2. The van der Waals surface area contributed by atoms with Crippen LogP contribution in [0.3, 0.4) is 0 Å². The van der Waals surface area contributed by atoms with Crippen molar-refractivity contribution in [2.75, 3.05) is 0 Å². The molecule has 0 radical (unpaired) electrons. The van der Waals surface area contributed by atoms with E-state index in [1.807, 2.05) is 11.3 Å². The van der Waals surface area contributed by atoms with Gasteiger partial charge in [0.2, 0.25) is 0 Å². The van der Waals surface area contributed by atoms with Crippen molar-refractivity contribution in [2.45, 2.75) is 46.7 Å². The standard InChI is InChI=1S/C16H22N2S/c1-5-14-15(10-17-11(2)3)19-16(18-14)13-8-6-12(4)7-9-13/h6-9,11,17H,5,10H2,1-4H3. The van der Waals surface area contributed by atoms with Crippen LogP contribution in [0.4, 0.5) is 0 Å². The van der Waals surface area contributed by atoms with E-state index in [2.05, 4.69) is 57.3 Å². The van der Waals surface area contributed by atoms with Crippen LogP contribution in [0.1, 0.15) is 36.9 Å². The van der Waals surface area contributed by atoms with Gasteiger partial charge in [0, 0.05) is 23.0 Å². The molecule has 0 aliphatic heterocycles. The number of nitrogens with one attached hydrogen (secondary N) is 1. The van der Waals surface area contributed by atoms with Crippen molar-refractivity contribution in [1.82, 2.24) is 10.3 Å². The Balaban J connectivity index is 2.25. The number of aromatic nitrogens is 1. The van der Waals surface area contributed by atoms with Crippen molar-refractivity contribution in [3.05, 3.63) is 40.4 Å². The SMILES string of the molecule is CCc1nc(-c2ccc(C)cc2)sc1CNC(C)C. The molecule has 2 rings (SSSR count). The van der Waals surface area contributed by atoms with Crippen LogP contribution in [-0.2, 0) is 13.0 Å². The number of nitrogens with zero attached hydrogens (tertiary/aromatic N) is 1. The van der Waals surface area contributed by atoms with Crippen LogP contribution in [0.5, 0.6) is 0 Å². The smallest absolute Gasteiger partial charge is 0.123 e. The molecule has 0 spiro atoms. The molecule has 0 atom stereocenters. The molecule has 1 N–H and O–H groups in total. The highest BCUT2D eigenvalue weighted by Gasteiger charge is 2.11. The van der Waals surface area contributed by atoms with Crippen molar-refractivity contribution in [3.63, 3.8) is 0 Å². The number of hydrogen-bond acceptors (Lipinski definition) is 3. The summed E-state index contributed by atoms with van der Waals surface area (Å²) in [4.78, 5) is 6.15. The van der Waals surface area contributed by atoms with E-state index in [0.29, 0.717) is 6.04 Å². The second kappa shape index (κ2) is 6.31. The predicted molar refractivity (Wildman–Crippen MR) is 83.6 cm³/mol. The van der Waals surface area contributed by atoms with Crippen LogP contribution in [-0.4, -0.2) is 11.0 Å². The Morgan fingerprint density at radius 3 is 2.47 bits per heavy atom. The van der Waals surface area contributed by atoms with Gasteiger partial charge in [0.25, 0.3) is 0 Å². The lowest BCUT2D eigenvalue weighted by molar-refractivity contribution is 0.590. The lowest BCUT2D eigenvalue weighted by Gasteiger charge is -2.06. The Bertz CT molecular complexity index is 526. The molecule has 102 valence electrons. The van der Waals surface area contributed by atoms with Crippen LogP contribution >= 0.6 is 11.3 Å². The average Bonchev–Trinajstić information content (AvgIpc) is 2.80. The fourth-order valence-electron chi connectivity index (χ4n) is 1.91. The molecule has 1 aromatic carbocycles. The maximum absolute atomic E-state index is 4.79. The first kappa shape index (κ1) is 14.2. The van der Waals surface area contributed by atoms with Crippen LogP contribution in [0.2, 0.25) is 0 Å². The number of hydrogen-bond donors (Lipinski definition) is 1. The minimum Gasteiger partial charge on any atom is -0.310 e. The van der Waals surface area contributed by atoms with Gasteiger partial charge in [-0.05, 0) is 13.3 Å². The van der Waals surface area contributed by atoms with Crippen LogP contribution in [0.25, 0.3) is 10.6 Å². The molecule has 0 saturated carbocycles. The molecular formula is C16H22N2S. The maximum Gasteiger partial charge on any atom is 0.123 e. The van der Waals surface area contributed by atoms with Gasteiger partial charge in [-0.2, -0.15) is 0 Å². The zero-order valence-electron chi connectivity index (χ0n) is 12.2. The first-order valence-corrected chi connectivity index (χ1v) is 7.70. The minimum absolute atomic E-state index is 0.509. The van der Waals surface area contributed by atoms with E-state index in [0.717, 1.165) is 18.0 Å². The maximum atomic E-state index is 4.79. The molecule has 2 aromatic rings. The Morgan fingerprint density at radius 2 is 1.89 bits per heavy atom. The van der Waals surface area contributed by atoms with Crippen LogP contribution in [0.15, 0.2) is 24.3 Å². The molecule has 0 aliphatic rings. The highest BCUT2D eigenvalue weighted by atomic mass is 32.1. The van der Waals surface area contributed by atoms with Gasteiger partial charge in [-0.3, -0.25) is 0 Å². The van der Waals surface area contributed by atoms with Gasteiger partial charge in [-0.25, -0.2) is 4.98 Å². The van der Waals surface area contributed by atoms with Crippen LogP contribution < -0.4 is 5.32 Å². The highest BCUT2D eigenvalue weighted by molar-refractivity contribution is 7.15. The second-order valence-electron chi connectivity index (χ2n) is 5.14. The van der Waals surface area contributed by atoms with Crippen molar-refractivity contribution in [1.29, 1.82) is 0 Å². The van der Waals surface area contributed by atoms with Crippen molar-refractivity contribution in [2.24, 2.45) is 0 Å². The molecule has 19 heavy (non-hydrogen) atoms. The summed E-state index contributed by atoms with van der Waals surface area (Å²) in [5.41, 5.74) is 3.74. The number of rotatable bonds is 5. The summed E-state index contributed by atoms with van der Waals surface area (Å²) in [6.45, 7) is 9.55. The summed E-state index contributed by atoms with van der Waals surface area (Å²) < 4.78 is 0. The average molecular weight is 274 g/mol. The molecule has 0 amide bonds. The summed E-state index contributed by atoms with van der Waals surface area (Å²) >= 11 is 1.81. The Hall–Kier alpha value is -1.19. The van der Waals surface area contributed by atoms with E-state index < -0.39 is 0 Å². The number of benzene rings is 1. The lowest BCUT2D eigenvalue weighted by atomic mass is 10.2. The van der Waals surface area contributed by atoms with E-state index in [1.165, 1.54) is 21.7 Å². The summed E-state index contributed by atoms with van der Waals surface area (Å²) in [5.74, 6) is 0. The topological polar surface area (TPSA) is 24.9 Å². The van der Waals surface area contributed by atoms with Gasteiger partial charge in [0.1, 0.15) is 5.01 Å². The van der Waals surface area contributed by atoms with E-state index in [9.17, 15) is 0 Å². The van der Waals surface area contributed by atoms with Crippen molar-refractivity contribution >= 4 is 11.3 Å². The molecule has 1 heterocycles. The van der Waals surface area contributed by atoms with Crippen molar-refractivity contribution in [3.8, 4) is 10.6 Å². The minimum atomic E-state index is 0.509. The van der Waals surface area contributed by atoms with Gasteiger partial charge in [0.15, 0.2) is 0 Å². The molecule has 0 saturated heterocycles. The predicted octanol–water partition coefficient (Wildman–Crippen LogP) is 4.18. The van der Waals surface area contributed by atoms with Gasteiger partial charge in [-0.15, -0.1) is 11.3 Å². The van der Waals surface area contributed by atoms with Gasteiger partial charge >= 0.3 is 0 Å². The molecule has 0 fully saturated rings. The lowest BCUT2D eigenvalue weighted by Crippen LogP contribution is -2.21. The molecule has 3 heteroatoms. The third-order valence-electron chi connectivity index (χ3n) is 3.08. The highest BCUT2D eigenvalue weighted by Crippen LogP contribution is 2.28. The summed E-state index contributed by atoms with van der Waals surface area (Å²) in [7, 11) is 0. The van der Waals surface area contributed by atoms with E-state index >= 15 is 0 Å². The molecular weight excluding hydrogens is 252 g/mol. The zero-order chi connectivity index (χ0) is 13.8. The third kappa shape index (κ3) is 3.64. The fourth-order valence-corrected chi connectivity index (χ4v) is 3.02. The summed E-state index contributed by atoms with van der Waals surface area (Å²) in [6, 6.07) is 9.12. The molecule has 2 nitrogen and oxygen atoms in total. The first-order valence-electron chi connectivity index (χ1n) is 6.89. The third-order valence-corrected chi connectivity index (χ3v) is 4.23. The number of aryl methyl sites for hydroxylation is 2. The zero-order valence-corrected chi connectivity index (χ0v) is 13.0. The monoisotopic (exact) mass is 274 g/mol. The molecule has 0 unspecified atom stereocenters. The van der Waals surface area contributed by atoms with Gasteiger partial charge in [0.05, 0.1) is 5.69 Å².